The van der Waals surface area contributed by atoms with Crippen LogP contribution in [0.3, 0.4) is 0 Å². The van der Waals surface area contributed by atoms with Crippen molar-refractivity contribution < 1.29 is 9.59 Å². The maximum Gasteiger partial charge on any atom is 0.251 e. The van der Waals surface area contributed by atoms with E-state index in [4.69, 9.17) is 5.73 Å². The number of amides is 2. The van der Waals surface area contributed by atoms with Crippen LogP contribution in [-0.2, 0) is 11.3 Å². The maximum atomic E-state index is 11.7. The minimum atomic E-state index is -0.178. The fraction of sp³-hybridized carbons (Fsp3) is 0.385. The Bertz CT molecular complexity index is 401. The van der Waals surface area contributed by atoms with Crippen molar-refractivity contribution in [3.8, 4) is 0 Å². The molecule has 5 heteroatoms. The predicted octanol–water partition coefficient (Wildman–Crippen LogP) is 0.401. The van der Waals surface area contributed by atoms with Crippen molar-refractivity contribution >= 4 is 11.8 Å². The first-order chi connectivity index (χ1) is 8.67. The number of benzene rings is 1. The second-order valence-corrected chi connectivity index (χ2v) is 3.86. The van der Waals surface area contributed by atoms with Crippen LogP contribution < -0.4 is 16.4 Å². The van der Waals surface area contributed by atoms with Crippen molar-refractivity contribution in [3.63, 3.8) is 0 Å². The van der Waals surface area contributed by atoms with Crippen LogP contribution in [0.15, 0.2) is 24.3 Å². The second-order valence-electron chi connectivity index (χ2n) is 3.86. The van der Waals surface area contributed by atoms with Gasteiger partial charge in [-0.2, -0.15) is 0 Å². The molecule has 1 aromatic carbocycles. The molecule has 0 spiro atoms. The molecule has 0 bridgehead atoms. The Morgan fingerprint density at radius 2 is 1.83 bits per heavy atom. The first kappa shape index (κ1) is 14.2. The van der Waals surface area contributed by atoms with Crippen molar-refractivity contribution in [2.24, 2.45) is 5.73 Å². The van der Waals surface area contributed by atoms with Gasteiger partial charge in [-0.15, -0.1) is 0 Å². The standard InChI is InChI=1S/C13H19N3O2/c1-2-15-12(17)7-8-16-13(18)11-5-3-10(9-14)4-6-11/h3-6H,2,7-9,14H2,1H3,(H,15,17)(H,16,18). The lowest BCUT2D eigenvalue weighted by Gasteiger charge is -2.06. The summed E-state index contributed by atoms with van der Waals surface area (Å²) < 4.78 is 0. The van der Waals surface area contributed by atoms with Crippen LogP contribution in [0, 0.1) is 0 Å². The lowest BCUT2D eigenvalue weighted by molar-refractivity contribution is -0.120. The summed E-state index contributed by atoms with van der Waals surface area (Å²) in [5.74, 6) is -0.237. The van der Waals surface area contributed by atoms with E-state index in [2.05, 4.69) is 10.6 Å². The third-order valence-electron chi connectivity index (χ3n) is 2.46. The Labute approximate surface area is 107 Å². The zero-order chi connectivity index (χ0) is 13.4. The molecular weight excluding hydrogens is 230 g/mol. The van der Waals surface area contributed by atoms with E-state index in [-0.39, 0.29) is 11.8 Å². The summed E-state index contributed by atoms with van der Waals surface area (Å²) in [5, 5.41) is 5.36. The summed E-state index contributed by atoms with van der Waals surface area (Å²) in [6.07, 6.45) is 0.292. The number of carbonyl (C=O) groups excluding carboxylic acids is 2. The summed E-state index contributed by atoms with van der Waals surface area (Å²) >= 11 is 0. The Kier molecular flexibility index (Phi) is 5.87. The zero-order valence-electron chi connectivity index (χ0n) is 10.5. The number of carbonyl (C=O) groups is 2. The van der Waals surface area contributed by atoms with Gasteiger partial charge >= 0.3 is 0 Å². The van der Waals surface area contributed by atoms with Gasteiger partial charge in [0.25, 0.3) is 5.91 Å². The molecule has 98 valence electrons. The molecule has 0 aliphatic heterocycles. The van der Waals surface area contributed by atoms with Crippen LogP contribution in [0.5, 0.6) is 0 Å². The van der Waals surface area contributed by atoms with Crippen LogP contribution >= 0.6 is 0 Å². The van der Waals surface area contributed by atoms with Crippen LogP contribution in [-0.4, -0.2) is 24.9 Å². The Balaban J connectivity index is 2.38. The Hall–Kier alpha value is -1.88. The van der Waals surface area contributed by atoms with Crippen LogP contribution in [0.4, 0.5) is 0 Å². The molecule has 0 saturated heterocycles. The molecule has 0 aliphatic rings. The smallest absolute Gasteiger partial charge is 0.251 e. The van der Waals surface area contributed by atoms with E-state index < -0.39 is 0 Å². The lowest BCUT2D eigenvalue weighted by atomic mass is 10.1. The zero-order valence-corrected chi connectivity index (χ0v) is 10.5. The third kappa shape index (κ3) is 4.55. The van der Waals surface area contributed by atoms with Gasteiger partial charge in [0.1, 0.15) is 0 Å². The Morgan fingerprint density at radius 1 is 1.17 bits per heavy atom. The summed E-state index contributed by atoms with van der Waals surface area (Å²) in [6.45, 7) is 3.26. The number of hydrogen-bond donors (Lipinski definition) is 3. The Morgan fingerprint density at radius 3 is 2.39 bits per heavy atom. The molecule has 0 aromatic heterocycles. The van der Waals surface area contributed by atoms with Crippen molar-refractivity contribution in [1.82, 2.24) is 10.6 Å². The van der Waals surface area contributed by atoms with Crippen molar-refractivity contribution in [2.75, 3.05) is 13.1 Å². The van der Waals surface area contributed by atoms with Gasteiger partial charge < -0.3 is 16.4 Å². The van der Waals surface area contributed by atoms with E-state index in [1.54, 1.807) is 12.1 Å². The predicted molar refractivity (Wildman–Crippen MR) is 70.0 cm³/mol. The van der Waals surface area contributed by atoms with E-state index in [1.807, 2.05) is 19.1 Å². The minimum absolute atomic E-state index is 0.0590. The first-order valence-electron chi connectivity index (χ1n) is 6.01. The highest BCUT2D eigenvalue weighted by atomic mass is 16.2. The number of nitrogens with one attached hydrogen (secondary N) is 2. The highest BCUT2D eigenvalue weighted by Gasteiger charge is 2.05. The molecule has 0 aliphatic carbocycles. The number of hydrogen-bond acceptors (Lipinski definition) is 3. The molecule has 4 N–H and O–H groups in total. The van der Waals surface area contributed by atoms with E-state index in [1.165, 1.54) is 0 Å². The van der Waals surface area contributed by atoms with Crippen LogP contribution in [0.1, 0.15) is 29.3 Å². The average molecular weight is 249 g/mol. The quantitative estimate of drug-likeness (QED) is 0.682. The molecule has 0 unspecified atom stereocenters. The van der Waals surface area contributed by atoms with Gasteiger partial charge in [-0.3, -0.25) is 9.59 Å². The summed E-state index contributed by atoms with van der Waals surface area (Å²) in [5.41, 5.74) is 7.03. The van der Waals surface area contributed by atoms with Gasteiger partial charge in [-0.05, 0) is 24.6 Å². The molecule has 5 nitrogen and oxygen atoms in total. The van der Waals surface area contributed by atoms with Gasteiger partial charge in [-0.25, -0.2) is 0 Å². The maximum absolute atomic E-state index is 11.7. The van der Waals surface area contributed by atoms with Gasteiger partial charge in [0, 0.05) is 31.6 Å². The molecule has 2 amide bonds. The highest BCUT2D eigenvalue weighted by Crippen LogP contribution is 2.03. The molecule has 0 heterocycles. The largest absolute Gasteiger partial charge is 0.356 e. The number of nitrogens with two attached hydrogens (primary N) is 1. The second kappa shape index (κ2) is 7.45. The van der Waals surface area contributed by atoms with Crippen LogP contribution in [0.25, 0.3) is 0 Å². The monoisotopic (exact) mass is 249 g/mol. The highest BCUT2D eigenvalue weighted by molar-refractivity contribution is 5.94. The van der Waals surface area contributed by atoms with E-state index in [0.29, 0.717) is 31.6 Å². The van der Waals surface area contributed by atoms with E-state index in [9.17, 15) is 9.59 Å². The van der Waals surface area contributed by atoms with Gasteiger partial charge in [0.05, 0.1) is 0 Å². The minimum Gasteiger partial charge on any atom is -0.356 e. The molecule has 0 saturated carbocycles. The first-order valence-corrected chi connectivity index (χ1v) is 6.01. The van der Waals surface area contributed by atoms with Gasteiger partial charge in [0.2, 0.25) is 5.91 Å². The number of rotatable bonds is 6. The fourth-order valence-electron chi connectivity index (χ4n) is 1.47. The van der Waals surface area contributed by atoms with Crippen molar-refractivity contribution in [1.29, 1.82) is 0 Å². The van der Waals surface area contributed by atoms with E-state index in [0.717, 1.165) is 5.56 Å². The summed E-state index contributed by atoms with van der Waals surface area (Å²) in [6, 6.07) is 7.09. The van der Waals surface area contributed by atoms with Gasteiger partial charge in [0.15, 0.2) is 0 Å². The van der Waals surface area contributed by atoms with Crippen LogP contribution in [0.2, 0.25) is 0 Å². The SMILES string of the molecule is CCNC(=O)CCNC(=O)c1ccc(CN)cc1. The molecular formula is C13H19N3O2. The molecule has 18 heavy (non-hydrogen) atoms. The molecule has 0 radical (unpaired) electrons. The molecule has 0 fully saturated rings. The van der Waals surface area contributed by atoms with Crippen molar-refractivity contribution in [2.45, 2.75) is 19.9 Å². The van der Waals surface area contributed by atoms with Crippen molar-refractivity contribution in [3.05, 3.63) is 35.4 Å². The molecule has 1 rings (SSSR count). The van der Waals surface area contributed by atoms with E-state index >= 15 is 0 Å². The summed E-state index contributed by atoms with van der Waals surface area (Å²) in [7, 11) is 0. The van der Waals surface area contributed by atoms with Gasteiger partial charge in [-0.1, -0.05) is 12.1 Å². The third-order valence-corrected chi connectivity index (χ3v) is 2.46. The summed E-state index contributed by atoms with van der Waals surface area (Å²) in [4.78, 5) is 22.9. The molecule has 1 aromatic rings. The molecule has 0 atom stereocenters. The average Bonchev–Trinajstić information content (AvgIpc) is 2.39. The lowest BCUT2D eigenvalue weighted by Crippen LogP contribution is -2.30. The fourth-order valence-corrected chi connectivity index (χ4v) is 1.47. The topological polar surface area (TPSA) is 84.2 Å². The normalized spacial score (nSPS) is 9.89.